The molecule has 136 valence electrons. The van der Waals surface area contributed by atoms with Crippen LogP contribution in [-0.4, -0.2) is 45.5 Å². The van der Waals surface area contributed by atoms with Gasteiger partial charge in [0, 0.05) is 33.4 Å². The van der Waals surface area contributed by atoms with Gasteiger partial charge in [0.2, 0.25) is 0 Å². The standard InChI is InChI=1S/C16H23BrFN3O2.HI/c1-19-16(20-6-2-7-23-13-5-8-22-11-13)21-10-12-3-4-14(17)15(18)9-12;/h3-4,9,13H,2,5-8,10-11H2,1H3,(H2,19,20,21);1H. The predicted octanol–water partition coefficient (Wildman–Crippen LogP) is 3.07. The molecule has 0 amide bonds. The van der Waals surface area contributed by atoms with Gasteiger partial charge in [-0.2, -0.15) is 0 Å². The maximum atomic E-state index is 13.5. The van der Waals surface area contributed by atoms with E-state index in [1.165, 1.54) is 6.07 Å². The molecule has 1 aromatic rings. The summed E-state index contributed by atoms with van der Waals surface area (Å²) in [6, 6.07) is 5.07. The minimum absolute atomic E-state index is 0. The average molecular weight is 516 g/mol. The highest BCUT2D eigenvalue weighted by Crippen LogP contribution is 2.16. The fourth-order valence-electron chi connectivity index (χ4n) is 2.23. The number of halogens is 3. The average Bonchev–Trinajstić information content (AvgIpc) is 3.06. The number of nitrogens with one attached hydrogen (secondary N) is 2. The zero-order valence-electron chi connectivity index (χ0n) is 13.7. The van der Waals surface area contributed by atoms with Gasteiger partial charge < -0.3 is 20.1 Å². The van der Waals surface area contributed by atoms with Gasteiger partial charge in [0.25, 0.3) is 0 Å². The number of hydrogen-bond acceptors (Lipinski definition) is 3. The van der Waals surface area contributed by atoms with E-state index in [0.717, 1.165) is 31.6 Å². The minimum Gasteiger partial charge on any atom is -0.379 e. The summed E-state index contributed by atoms with van der Waals surface area (Å²) < 4.78 is 24.9. The van der Waals surface area contributed by atoms with E-state index in [1.807, 2.05) is 6.07 Å². The molecule has 1 atom stereocenters. The Labute approximate surface area is 167 Å². The van der Waals surface area contributed by atoms with Crippen LogP contribution in [0, 0.1) is 5.82 Å². The van der Waals surface area contributed by atoms with Gasteiger partial charge >= 0.3 is 0 Å². The van der Waals surface area contributed by atoms with Gasteiger partial charge in [-0.3, -0.25) is 4.99 Å². The molecule has 1 heterocycles. The molecule has 1 saturated heterocycles. The Morgan fingerprint density at radius 3 is 2.96 bits per heavy atom. The van der Waals surface area contributed by atoms with Crippen LogP contribution in [0.1, 0.15) is 18.4 Å². The largest absolute Gasteiger partial charge is 0.379 e. The van der Waals surface area contributed by atoms with Crippen LogP contribution in [0.2, 0.25) is 0 Å². The number of aliphatic imine (C=N–C) groups is 1. The molecule has 0 aromatic heterocycles. The number of nitrogens with zero attached hydrogens (tertiary/aromatic N) is 1. The van der Waals surface area contributed by atoms with Gasteiger partial charge in [-0.1, -0.05) is 6.07 Å². The van der Waals surface area contributed by atoms with Gasteiger partial charge in [-0.15, -0.1) is 24.0 Å². The van der Waals surface area contributed by atoms with Crippen molar-refractivity contribution in [2.24, 2.45) is 4.99 Å². The highest BCUT2D eigenvalue weighted by Gasteiger charge is 2.15. The molecule has 0 spiro atoms. The molecule has 1 aromatic carbocycles. The monoisotopic (exact) mass is 515 g/mol. The SMILES string of the molecule is CN=C(NCCCOC1CCOC1)NCc1ccc(Br)c(F)c1.I. The van der Waals surface area contributed by atoms with Crippen molar-refractivity contribution in [1.29, 1.82) is 0 Å². The minimum atomic E-state index is -0.264. The smallest absolute Gasteiger partial charge is 0.191 e. The van der Waals surface area contributed by atoms with Crippen molar-refractivity contribution in [3.05, 3.63) is 34.1 Å². The van der Waals surface area contributed by atoms with Gasteiger partial charge in [-0.05, 0) is 46.5 Å². The second-order valence-electron chi connectivity index (χ2n) is 5.31. The topological polar surface area (TPSA) is 54.9 Å². The van der Waals surface area contributed by atoms with E-state index < -0.39 is 0 Å². The Bertz CT molecular complexity index is 528. The maximum Gasteiger partial charge on any atom is 0.191 e. The van der Waals surface area contributed by atoms with Crippen molar-refractivity contribution in [3.63, 3.8) is 0 Å². The lowest BCUT2D eigenvalue weighted by atomic mass is 10.2. The lowest BCUT2D eigenvalue weighted by Gasteiger charge is -2.13. The molecule has 2 N–H and O–H groups in total. The number of guanidine groups is 1. The molecule has 0 aliphatic carbocycles. The number of benzene rings is 1. The number of rotatable bonds is 7. The second-order valence-corrected chi connectivity index (χ2v) is 6.17. The van der Waals surface area contributed by atoms with Crippen molar-refractivity contribution in [1.82, 2.24) is 10.6 Å². The molecule has 0 saturated carbocycles. The van der Waals surface area contributed by atoms with Crippen LogP contribution in [0.3, 0.4) is 0 Å². The molecule has 8 heteroatoms. The van der Waals surface area contributed by atoms with Crippen LogP contribution in [-0.2, 0) is 16.0 Å². The first-order chi connectivity index (χ1) is 11.2. The van der Waals surface area contributed by atoms with E-state index in [-0.39, 0.29) is 35.9 Å². The lowest BCUT2D eigenvalue weighted by Crippen LogP contribution is -2.37. The number of ether oxygens (including phenoxy) is 2. The Hall–Kier alpha value is -0.450. The summed E-state index contributed by atoms with van der Waals surface area (Å²) in [7, 11) is 1.71. The first-order valence-electron chi connectivity index (χ1n) is 7.77. The Balaban J connectivity index is 0.00000288. The van der Waals surface area contributed by atoms with Crippen molar-refractivity contribution in [3.8, 4) is 0 Å². The van der Waals surface area contributed by atoms with Gasteiger partial charge in [0.05, 0.1) is 17.2 Å². The Morgan fingerprint density at radius 2 is 2.29 bits per heavy atom. The van der Waals surface area contributed by atoms with Crippen molar-refractivity contribution < 1.29 is 13.9 Å². The molecular formula is C16H24BrFIN3O2. The predicted molar refractivity (Wildman–Crippen MR) is 108 cm³/mol. The normalized spacial score (nSPS) is 17.5. The molecule has 24 heavy (non-hydrogen) atoms. The summed E-state index contributed by atoms with van der Waals surface area (Å²) in [5.41, 5.74) is 0.859. The third kappa shape index (κ3) is 7.62. The summed E-state index contributed by atoms with van der Waals surface area (Å²) in [6.45, 7) is 3.49. The summed E-state index contributed by atoms with van der Waals surface area (Å²) in [5, 5.41) is 6.38. The van der Waals surface area contributed by atoms with E-state index in [0.29, 0.717) is 30.2 Å². The highest BCUT2D eigenvalue weighted by atomic mass is 127. The fraction of sp³-hybridized carbons (Fsp3) is 0.562. The van der Waals surface area contributed by atoms with Gasteiger partial charge in [0.15, 0.2) is 5.96 Å². The molecule has 1 fully saturated rings. The van der Waals surface area contributed by atoms with E-state index in [9.17, 15) is 4.39 Å². The van der Waals surface area contributed by atoms with Gasteiger partial charge in [-0.25, -0.2) is 4.39 Å². The van der Waals surface area contributed by atoms with E-state index >= 15 is 0 Å². The van der Waals surface area contributed by atoms with Crippen LogP contribution in [0.15, 0.2) is 27.7 Å². The first kappa shape index (κ1) is 21.6. The molecule has 0 radical (unpaired) electrons. The molecule has 2 rings (SSSR count). The summed E-state index contributed by atoms with van der Waals surface area (Å²) in [6.07, 6.45) is 2.13. The third-order valence-electron chi connectivity index (χ3n) is 3.52. The number of hydrogen-bond donors (Lipinski definition) is 2. The lowest BCUT2D eigenvalue weighted by molar-refractivity contribution is 0.0420. The molecule has 1 aliphatic rings. The molecule has 1 unspecified atom stereocenters. The molecular weight excluding hydrogens is 492 g/mol. The van der Waals surface area contributed by atoms with Crippen LogP contribution < -0.4 is 10.6 Å². The zero-order chi connectivity index (χ0) is 16.5. The quantitative estimate of drug-likeness (QED) is 0.253. The van der Waals surface area contributed by atoms with Crippen LogP contribution >= 0.6 is 39.9 Å². The maximum absolute atomic E-state index is 13.5. The molecule has 0 bridgehead atoms. The van der Waals surface area contributed by atoms with Gasteiger partial charge in [0.1, 0.15) is 5.82 Å². The third-order valence-corrected chi connectivity index (χ3v) is 4.17. The van der Waals surface area contributed by atoms with Crippen LogP contribution in [0.25, 0.3) is 0 Å². The zero-order valence-corrected chi connectivity index (χ0v) is 17.6. The van der Waals surface area contributed by atoms with Crippen molar-refractivity contribution in [2.45, 2.75) is 25.5 Å². The molecule has 1 aliphatic heterocycles. The van der Waals surface area contributed by atoms with E-state index in [4.69, 9.17) is 9.47 Å². The van der Waals surface area contributed by atoms with E-state index in [1.54, 1.807) is 13.1 Å². The van der Waals surface area contributed by atoms with Crippen LogP contribution in [0.4, 0.5) is 4.39 Å². The summed E-state index contributed by atoms with van der Waals surface area (Å²) in [5.74, 6) is 0.429. The highest BCUT2D eigenvalue weighted by molar-refractivity contribution is 14.0. The Kier molecular flexibility index (Phi) is 10.8. The van der Waals surface area contributed by atoms with Crippen LogP contribution in [0.5, 0.6) is 0 Å². The van der Waals surface area contributed by atoms with Crippen molar-refractivity contribution >= 4 is 45.9 Å². The Morgan fingerprint density at radius 1 is 1.46 bits per heavy atom. The van der Waals surface area contributed by atoms with E-state index in [2.05, 4.69) is 31.6 Å². The fourth-order valence-corrected chi connectivity index (χ4v) is 2.48. The summed E-state index contributed by atoms with van der Waals surface area (Å²) >= 11 is 3.15. The molecule has 5 nitrogen and oxygen atoms in total. The second kappa shape index (κ2) is 12.0. The first-order valence-corrected chi connectivity index (χ1v) is 8.56. The summed E-state index contributed by atoms with van der Waals surface area (Å²) in [4.78, 5) is 4.15. The van der Waals surface area contributed by atoms with Crippen molar-refractivity contribution in [2.75, 3.05) is 33.4 Å².